The number of nitrogens with zero attached hydrogens (tertiary/aromatic N) is 3. The lowest BCUT2D eigenvalue weighted by atomic mass is 9.84. The van der Waals surface area contributed by atoms with E-state index in [1.54, 1.807) is 11.3 Å². The third kappa shape index (κ3) is 3.36. The summed E-state index contributed by atoms with van der Waals surface area (Å²) in [4.78, 5) is 14.4. The third-order valence-corrected chi connectivity index (χ3v) is 5.72. The molecule has 2 heterocycles. The summed E-state index contributed by atoms with van der Waals surface area (Å²) in [5.74, 6) is 0.956. The summed E-state index contributed by atoms with van der Waals surface area (Å²) in [6.45, 7) is 6.16. The van der Waals surface area contributed by atoms with E-state index in [1.165, 1.54) is 6.42 Å². The molecule has 6 heteroatoms. The van der Waals surface area contributed by atoms with Gasteiger partial charge in [-0.1, -0.05) is 31.6 Å². The predicted octanol–water partition coefficient (Wildman–Crippen LogP) is 2.55. The largest absolute Gasteiger partial charge is 0.351 e. The van der Waals surface area contributed by atoms with Crippen molar-refractivity contribution in [2.75, 3.05) is 18.0 Å². The minimum atomic E-state index is 0.258. The van der Waals surface area contributed by atoms with Crippen LogP contribution in [0.25, 0.3) is 0 Å². The first-order chi connectivity index (χ1) is 10.1. The zero-order valence-electron chi connectivity index (χ0n) is 12.8. The average Bonchev–Trinajstić information content (AvgIpc) is 2.86. The molecule has 5 nitrogen and oxygen atoms in total. The number of aromatic nitrogens is 2. The molecular weight excluding hydrogens is 284 g/mol. The fraction of sp³-hybridized carbons (Fsp3) is 0.800. The lowest BCUT2D eigenvalue weighted by Crippen LogP contribution is -2.50. The van der Waals surface area contributed by atoms with E-state index >= 15 is 0 Å². The van der Waals surface area contributed by atoms with Gasteiger partial charge in [-0.2, -0.15) is 0 Å². The Morgan fingerprint density at radius 3 is 2.71 bits per heavy atom. The van der Waals surface area contributed by atoms with Gasteiger partial charge in [-0.15, -0.1) is 10.2 Å². The summed E-state index contributed by atoms with van der Waals surface area (Å²) in [6, 6.07) is 0.262. The molecule has 0 aromatic carbocycles. The monoisotopic (exact) mass is 308 g/mol. The number of nitrogens with one attached hydrogen (secondary N) is 1. The van der Waals surface area contributed by atoms with Crippen molar-refractivity contribution in [3.8, 4) is 0 Å². The van der Waals surface area contributed by atoms with Gasteiger partial charge in [0, 0.05) is 31.0 Å². The predicted molar refractivity (Wildman–Crippen MR) is 84.7 cm³/mol. The van der Waals surface area contributed by atoms with Crippen LogP contribution < -0.4 is 10.2 Å². The fourth-order valence-corrected chi connectivity index (χ4v) is 3.73. The zero-order valence-corrected chi connectivity index (χ0v) is 13.7. The Bertz CT molecular complexity index is 498. The van der Waals surface area contributed by atoms with Crippen LogP contribution in [0.2, 0.25) is 0 Å². The van der Waals surface area contributed by atoms with E-state index in [4.69, 9.17) is 0 Å². The molecule has 0 radical (unpaired) electrons. The maximum Gasteiger partial charge on any atom is 0.223 e. The highest BCUT2D eigenvalue weighted by atomic mass is 32.1. The second-order valence-electron chi connectivity index (χ2n) is 6.50. The minimum Gasteiger partial charge on any atom is -0.351 e. The summed E-state index contributed by atoms with van der Waals surface area (Å²) in [6.07, 6.45) is 5.52. The van der Waals surface area contributed by atoms with Gasteiger partial charge in [-0.3, -0.25) is 4.79 Å². The first-order valence-electron chi connectivity index (χ1n) is 8.02. The quantitative estimate of drug-likeness (QED) is 0.928. The molecule has 21 heavy (non-hydrogen) atoms. The number of anilines is 1. The van der Waals surface area contributed by atoms with Crippen LogP contribution in [0.1, 0.15) is 56.9 Å². The lowest BCUT2D eigenvalue weighted by molar-refractivity contribution is -0.128. The van der Waals surface area contributed by atoms with Crippen LogP contribution in [0.3, 0.4) is 0 Å². The molecule has 1 aliphatic heterocycles. The standard InChI is InChI=1S/C15H24N4OS/c1-10(2)14-17-18-15(21-14)19-8-4-7-12(9-19)16-13(20)11-5-3-6-11/h10-12H,3-9H2,1-2H3,(H,16,20). The summed E-state index contributed by atoms with van der Waals surface area (Å²) in [5.41, 5.74) is 0. The first kappa shape index (κ1) is 14.8. The number of carbonyl (C=O) groups excluding carboxylic acids is 1. The molecule has 1 aromatic rings. The average molecular weight is 308 g/mol. The summed E-state index contributed by atoms with van der Waals surface area (Å²) >= 11 is 1.68. The Morgan fingerprint density at radius 2 is 2.10 bits per heavy atom. The number of amides is 1. The van der Waals surface area contributed by atoms with Crippen molar-refractivity contribution in [2.45, 2.75) is 57.9 Å². The molecule has 116 valence electrons. The molecule has 2 fully saturated rings. The molecule has 0 bridgehead atoms. The van der Waals surface area contributed by atoms with Crippen LogP contribution in [-0.4, -0.2) is 35.2 Å². The van der Waals surface area contributed by atoms with Gasteiger partial charge >= 0.3 is 0 Å². The molecular formula is C15H24N4OS. The van der Waals surface area contributed by atoms with E-state index in [9.17, 15) is 4.79 Å². The van der Waals surface area contributed by atoms with Crippen LogP contribution in [0.15, 0.2) is 0 Å². The third-order valence-electron chi connectivity index (χ3n) is 4.44. The summed E-state index contributed by atoms with van der Waals surface area (Å²) in [7, 11) is 0. The molecule has 0 spiro atoms. The SMILES string of the molecule is CC(C)c1nnc(N2CCCC(NC(=O)C3CCC3)C2)s1. The van der Waals surface area contributed by atoms with Crippen molar-refractivity contribution in [3.63, 3.8) is 0 Å². The van der Waals surface area contributed by atoms with Gasteiger partial charge in [0.25, 0.3) is 0 Å². The number of rotatable bonds is 4. The molecule has 3 rings (SSSR count). The van der Waals surface area contributed by atoms with Crippen molar-refractivity contribution in [1.29, 1.82) is 0 Å². The Morgan fingerprint density at radius 1 is 1.29 bits per heavy atom. The molecule has 1 saturated heterocycles. The topological polar surface area (TPSA) is 58.1 Å². The maximum absolute atomic E-state index is 12.1. The Hall–Kier alpha value is -1.17. The molecule has 1 atom stereocenters. The highest BCUT2D eigenvalue weighted by Gasteiger charge is 2.29. The Balaban J connectivity index is 1.58. The highest BCUT2D eigenvalue weighted by molar-refractivity contribution is 7.15. The minimum absolute atomic E-state index is 0.258. The number of hydrogen-bond donors (Lipinski definition) is 1. The number of piperidine rings is 1. The molecule has 1 N–H and O–H groups in total. The summed E-state index contributed by atoms with van der Waals surface area (Å²) < 4.78 is 0. The Labute approximate surface area is 130 Å². The number of hydrogen-bond acceptors (Lipinski definition) is 5. The summed E-state index contributed by atoms with van der Waals surface area (Å²) in [5, 5.41) is 13.9. The van der Waals surface area contributed by atoms with Crippen LogP contribution in [0.5, 0.6) is 0 Å². The first-order valence-corrected chi connectivity index (χ1v) is 8.84. The Kier molecular flexibility index (Phi) is 4.42. The smallest absolute Gasteiger partial charge is 0.223 e. The van der Waals surface area contributed by atoms with Gasteiger partial charge in [-0.25, -0.2) is 0 Å². The van der Waals surface area contributed by atoms with Crippen molar-refractivity contribution in [3.05, 3.63) is 5.01 Å². The normalized spacial score (nSPS) is 23.2. The van der Waals surface area contributed by atoms with E-state index in [2.05, 4.69) is 34.3 Å². The molecule has 1 aromatic heterocycles. The molecule has 2 aliphatic rings. The number of carbonyl (C=O) groups is 1. The van der Waals surface area contributed by atoms with Crippen molar-refractivity contribution in [1.82, 2.24) is 15.5 Å². The van der Waals surface area contributed by atoms with E-state index in [-0.39, 0.29) is 17.9 Å². The van der Waals surface area contributed by atoms with Crippen LogP contribution in [-0.2, 0) is 4.79 Å². The van der Waals surface area contributed by atoms with E-state index in [0.717, 1.165) is 48.9 Å². The van der Waals surface area contributed by atoms with Gasteiger partial charge in [0.05, 0.1) is 0 Å². The highest BCUT2D eigenvalue weighted by Crippen LogP contribution is 2.29. The van der Waals surface area contributed by atoms with E-state index in [1.807, 2.05) is 0 Å². The van der Waals surface area contributed by atoms with Gasteiger partial charge in [0.2, 0.25) is 11.0 Å². The van der Waals surface area contributed by atoms with Gasteiger partial charge in [-0.05, 0) is 25.7 Å². The second kappa shape index (κ2) is 6.30. The van der Waals surface area contributed by atoms with Crippen LogP contribution >= 0.6 is 11.3 Å². The fourth-order valence-electron chi connectivity index (χ4n) is 2.85. The van der Waals surface area contributed by atoms with Crippen LogP contribution in [0.4, 0.5) is 5.13 Å². The van der Waals surface area contributed by atoms with Gasteiger partial charge in [0.1, 0.15) is 5.01 Å². The lowest BCUT2D eigenvalue weighted by Gasteiger charge is -2.34. The second-order valence-corrected chi connectivity index (χ2v) is 7.49. The van der Waals surface area contributed by atoms with Gasteiger partial charge in [0.15, 0.2) is 0 Å². The van der Waals surface area contributed by atoms with E-state index in [0.29, 0.717) is 5.92 Å². The molecule has 1 unspecified atom stereocenters. The van der Waals surface area contributed by atoms with Crippen molar-refractivity contribution < 1.29 is 4.79 Å². The maximum atomic E-state index is 12.1. The van der Waals surface area contributed by atoms with Crippen molar-refractivity contribution in [2.24, 2.45) is 5.92 Å². The van der Waals surface area contributed by atoms with E-state index < -0.39 is 0 Å². The zero-order chi connectivity index (χ0) is 14.8. The van der Waals surface area contributed by atoms with Crippen molar-refractivity contribution >= 4 is 22.4 Å². The molecule has 1 aliphatic carbocycles. The molecule has 1 saturated carbocycles. The van der Waals surface area contributed by atoms with Crippen LogP contribution in [0, 0.1) is 5.92 Å². The molecule has 1 amide bonds. The van der Waals surface area contributed by atoms with Gasteiger partial charge < -0.3 is 10.2 Å².